The highest BCUT2D eigenvalue weighted by molar-refractivity contribution is 5.01. The van der Waals surface area contributed by atoms with E-state index in [0.29, 0.717) is 18.1 Å². The van der Waals surface area contributed by atoms with E-state index in [4.69, 9.17) is 10.5 Å². The molecule has 0 aliphatic heterocycles. The van der Waals surface area contributed by atoms with Crippen LogP contribution in [0.3, 0.4) is 0 Å². The van der Waals surface area contributed by atoms with Crippen LogP contribution >= 0.6 is 0 Å². The van der Waals surface area contributed by atoms with E-state index < -0.39 is 0 Å². The minimum absolute atomic E-state index is 0.0273. The Morgan fingerprint density at radius 1 is 1.44 bits per heavy atom. The van der Waals surface area contributed by atoms with Crippen LogP contribution in [0.2, 0.25) is 0 Å². The van der Waals surface area contributed by atoms with E-state index in [-0.39, 0.29) is 6.04 Å². The first-order valence-corrected chi connectivity index (χ1v) is 6.82. The zero-order valence-electron chi connectivity index (χ0n) is 11.5. The minimum atomic E-state index is -0.0273. The molecule has 1 heterocycles. The number of aromatic nitrogens is 3. The van der Waals surface area contributed by atoms with Gasteiger partial charge in [0, 0.05) is 7.11 Å². The zero-order valence-corrected chi connectivity index (χ0v) is 11.5. The molecule has 0 spiro atoms. The van der Waals surface area contributed by atoms with Crippen molar-refractivity contribution in [3.05, 3.63) is 11.9 Å². The van der Waals surface area contributed by atoms with Crippen molar-refractivity contribution in [2.24, 2.45) is 11.7 Å². The Morgan fingerprint density at radius 2 is 2.22 bits per heavy atom. The third kappa shape index (κ3) is 2.90. The van der Waals surface area contributed by atoms with Gasteiger partial charge in [0.05, 0.1) is 30.1 Å². The van der Waals surface area contributed by atoms with Crippen molar-refractivity contribution in [3.63, 3.8) is 0 Å². The molecule has 2 rings (SSSR count). The van der Waals surface area contributed by atoms with Crippen molar-refractivity contribution in [2.45, 2.75) is 57.7 Å². The summed E-state index contributed by atoms with van der Waals surface area (Å²) in [6.07, 6.45) is 6.88. The van der Waals surface area contributed by atoms with Gasteiger partial charge in [-0.05, 0) is 31.6 Å². The van der Waals surface area contributed by atoms with Gasteiger partial charge < -0.3 is 10.5 Å². The molecule has 0 radical (unpaired) electrons. The van der Waals surface area contributed by atoms with Gasteiger partial charge in [-0.25, -0.2) is 4.68 Å². The van der Waals surface area contributed by atoms with E-state index in [0.717, 1.165) is 25.0 Å². The van der Waals surface area contributed by atoms with Crippen molar-refractivity contribution in [3.8, 4) is 0 Å². The Balaban J connectivity index is 2.05. The van der Waals surface area contributed by atoms with Crippen molar-refractivity contribution in [1.29, 1.82) is 0 Å². The highest BCUT2D eigenvalue weighted by atomic mass is 16.5. The van der Waals surface area contributed by atoms with E-state index in [1.54, 1.807) is 7.11 Å². The molecule has 1 aromatic rings. The van der Waals surface area contributed by atoms with Crippen LogP contribution in [0.25, 0.3) is 0 Å². The second kappa shape index (κ2) is 5.80. The zero-order chi connectivity index (χ0) is 13.1. The number of nitrogens with two attached hydrogens (primary N) is 1. The molecule has 5 nitrogen and oxygen atoms in total. The topological polar surface area (TPSA) is 66.0 Å². The van der Waals surface area contributed by atoms with Crippen LogP contribution in [0.15, 0.2) is 6.20 Å². The second-order valence-electron chi connectivity index (χ2n) is 5.57. The average Bonchev–Trinajstić information content (AvgIpc) is 2.87. The van der Waals surface area contributed by atoms with Crippen molar-refractivity contribution >= 4 is 0 Å². The monoisotopic (exact) mass is 252 g/mol. The highest BCUT2D eigenvalue weighted by Gasteiger charge is 2.25. The summed E-state index contributed by atoms with van der Waals surface area (Å²) in [6.45, 7) is 4.20. The van der Waals surface area contributed by atoms with Crippen LogP contribution in [0.5, 0.6) is 0 Å². The minimum Gasteiger partial charge on any atom is -0.381 e. The molecule has 1 aliphatic carbocycles. The van der Waals surface area contributed by atoms with Crippen molar-refractivity contribution < 1.29 is 4.74 Å². The maximum absolute atomic E-state index is 6.09. The van der Waals surface area contributed by atoms with Gasteiger partial charge in [-0.15, -0.1) is 5.10 Å². The summed E-state index contributed by atoms with van der Waals surface area (Å²) in [4.78, 5) is 0. The Morgan fingerprint density at radius 3 is 2.89 bits per heavy atom. The van der Waals surface area contributed by atoms with E-state index in [1.165, 1.54) is 6.42 Å². The fraction of sp³-hybridized carbons (Fsp3) is 0.846. The molecule has 18 heavy (non-hydrogen) atoms. The predicted octanol–water partition coefficient (Wildman–Crippen LogP) is 2.06. The number of hydrogen-bond acceptors (Lipinski definition) is 4. The van der Waals surface area contributed by atoms with Gasteiger partial charge in [0.15, 0.2) is 0 Å². The second-order valence-corrected chi connectivity index (χ2v) is 5.57. The maximum Gasteiger partial charge on any atom is 0.0996 e. The summed E-state index contributed by atoms with van der Waals surface area (Å²) in [5.74, 6) is 0.383. The molecular weight excluding hydrogens is 228 g/mol. The van der Waals surface area contributed by atoms with E-state index in [1.807, 2.05) is 10.9 Å². The van der Waals surface area contributed by atoms with Gasteiger partial charge in [-0.2, -0.15) is 0 Å². The summed E-state index contributed by atoms with van der Waals surface area (Å²) in [5.41, 5.74) is 6.99. The molecule has 1 saturated carbocycles. The standard InChI is InChI=1S/C13H24N4O/c1-9(2)13(14)12-8-17(16-15-12)10-5-4-6-11(7-10)18-3/h8-11,13H,4-7,14H2,1-3H3. The van der Waals surface area contributed by atoms with Crippen LogP contribution in [0, 0.1) is 5.92 Å². The summed E-state index contributed by atoms with van der Waals surface area (Å²) in [6, 6.07) is 0.380. The van der Waals surface area contributed by atoms with Gasteiger partial charge in [0.1, 0.15) is 0 Å². The lowest BCUT2D eigenvalue weighted by atomic mass is 9.93. The van der Waals surface area contributed by atoms with E-state index in [2.05, 4.69) is 24.2 Å². The Bertz CT molecular complexity index is 377. The SMILES string of the molecule is COC1CCCC(n2cc(C(N)C(C)C)nn2)C1. The molecule has 0 aromatic carbocycles. The Kier molecular flexibility index (Phi) is 4.35. The van der Waals surface area contributed by atoms with Crippen molar-refractivity contribution in [2.75, 3.05) is 7.11 Å². The smallest absolute Gasteiger partial charge is 0.0996 e. The number of ether oxygens (including phenoxy) is 1. The molecule has 3 atom stereocenters. The van der Waals surface area contributed by atoms with E-state index >= 15 is 0 Å². The molecular formula is C13H24N4O. The molecule has 1 fully saturated rings. The maximum atomic E-state index is 6.09. The molecule has 2 N–H and O–H groups in total. The summed E-state index contributed by atoms with van der Waals surface area (Å²) in [7, 11) is 1.79. The molecule has 1 aromatic heterocycles. The number of hydrogen-bond donors (Lipinski definition) is 1. The number of methoxy groups -OCH3 is 1. The lowest BCUT2D eigenvalue weighted by molar-refractivity contribution is 0.0504. The lowest BCUT2D eigenvalue weighted by Gasteiger charge is -2.27. The fourth-order valence-electron chi connectivity index (χ4n) is 2.54. The largest absolute Gasteiger partial charge is 0.381 e. The molecule has 5 heteroatoms. The van der Waals surface area contributed by atoms with Crippen LogP contribution in [0.4, 0.5) is 0 Å². The average molecular weight is 252 g/mol. The quantitative estimate of drug-likeness (QED) is 0.890. The highest BCUT2D eigenvalue weighted by Crippen LogP contribution is 2.29. The van der Waals surface area contributed by atoms with Gasteiger partial charge in [-0.3, -0.25) is 0 Å². The van der Waals surface area contributed by atoms with Crippen LogP contribution in [0.1, 0.15) is 57.3 Å². The fourth-order valence-corrected chi connectivity index (χ4v) is 2.54. The molecule has 0 amide bonds. The molecule has 0 saturated heterocycles. The summed E-state index contributed by atoms with van der Waals surface area (Å²) in [5, 5.41) is 8.45. The molecule has 3 unspecified atom stereocenters. The summed E-state index contributed by atoms with van der Waals surface area (Å²) >= 11 is 0. The predicted molar refractivity (Wildman–Crippen MR) is 70.1 cm³/mol. The molecule has 102 valence electrons. The number of nitrogens with zero attached hydrogens (tertiary/aromatic N) is 3. The van der Waals surface area contributed by atoms with Gasteiger partial charge in [0.2, 0.25) is 0 Å². The van der Waals surface area contributed by atoms with Crippen LogP contribution in [-0.2, 0) is 4.74 Å². The van der Waals surface area contributed by atoms with Gasteiger partial charge in [0.25, 0.3) is 0 Å². The van der Waals surface area contributed by atoms with Crippen LogP contribution in [-0.4, -0.2) is 28.2 Å². The van der Waals surface area contributed by atoms with Crippen molar-refractivity contribution in [1.82, 2.24) is 15.0 Å². The summed E-state index contributed by atoms with van der Waals surface area (Å²) < 4.78 is 7.42. The molecule has 0 bridgehead atoms. The van der Waals surface area contributed by atoms with Crippen LogP contribution < -0.4 is 5.73 Å². The normalized spacial score (nSPS) is 26.5. The first kappa shape index (κ1) is 13.5. The van der Waals surface area contributed by atoms with E-state index in [9.17, 15) is 0 Å². The lowest BCUT2D eigenvalue weighted by Crippen LogP contribution is -2.24. The third-order valence-electron chi connectivity index (χ3n) is 3.89. The first-order chi connectivity index (χ1) is 8.61. The Labute approximate surface area is 109 Å². The van der Waals surface area contributed by atoms with Gasteiger partial charge in [-0.1, -0.05) is 19.1 Å². The third-order valence-corrected chi connectivity index (χ3v) is 3.89. The van der Waals surface area contributed by atoms with Gasteiger partial charge >= 0.3 is 0 Å². The molecule has 1 aliphatic rings. The Hall–Kier alpha value is -0.940. The number of rotatable bonds is 4. The first-order valence-electron chi connectivity index (χ1n) is 6.82.